The molecule has 1 amide bonds. The minimum absolute atomic E-state index is 0.0182. The van der Waals surface area contributed by atoms with Crippen molar-refractivity contribution in [3.63, 3.8) is 0 Å². The SMILES string of the molecule is Cc1cc(N2CCCCc3cnccc32)cc(C)c1NC(=O)CC(C)(C)C. The fourth-order valence-electron chi connectivity index (χ4n) is 3.81. The molecule has 3 rings (SSSR count). The van der Waals surface area contributed by atoms with Crippen LogP contribution in [0.5, 0.6) is 0 Å². The molecule has 0 radical (unpaired) electrons. The van der Waals surface area contributed by atoms with E-state index >= 15 is 0 Å². The van der Waals surface area contributed by atoms with Gasteiger partial charge in [-0.15, -0.1) is 0 Å². The van der Waals surface area contributed by atoms with Crippen LogP contribution in [0.4, 0.5) is 17.1 Å². The zero-order chi connectivity index (χ0) is 19.6. The number of rotatable bonds is 3. The van der Waals surface area contributed by atoms with Gasteiger partial charge in [0.25, 0.3) is 0 Å². The summed E-state index contributed by atoms with van der Waals surface area (Å²) in [4.78, 5) is 19.1. The molecule has 0 bridgehead atoms. The van der Waals surface area contributed by atoms with E-state index in [-0.39, 0.29) is 11.3 Å². The van der Waals surface area contributed by atoms with E-state index in [0.29, 0.717) is 6.42 Å². The standard InChI is InChI=1S/C23H31N3O/c1-16-12-19(13-17(2)22(16)25-21(27)14-23(3,4)5)26-11-7-6-8-18-15-24-10-9-20(18)26/h9-10,12-13,15H,6-8,11,14H2,1-5H3,(H,25,27). The summed E-state index contributed by atoms with van der Waals surface area (Å²) >= 11 is 0. The predicted molar refractivity (Wildman–Crippen MR) is 113 cm³/mol. The number of pyridine rings is 1. The average molecular weight is 366 g/mol. The summed E-state index contributed by atoms with van der Waals surface area (Å²) < 4.78 is 0. The molecule has 1 aromatic carbocycles. The second-order valence-electron chi connectivity index (χ2n) is 8.85. The lowest BCUT2D eigenvalue weighted by atomic mass is 9.92. The quantitative estimate of drug-likeness (QED) is 0.776. The number of anilines is 3. The molecule has 4 nitrogen and oxygen atoms in total. The van der Waals surface area contributed by atoms with Crippen LogP contribution in [0.2, 0.25) is 0 Å². The van der Waals surface area contributed by atoms with Crippen LogP contribution in [-0.4, -0.2) is 17.4 Å². The van der Waals surface area contributed by atoms with E-state index in [4.69, 9.17) is 0 Å². The zero-order valence-electron chi connectivity index (χ0n) is 17.2. The number of hydrogen-bond donors (Lipinski definition) is 1. The Balaban J connectivity index is 1.90. The molecule has 4 heteroatoms. The number of fused-ring (bicyclic) bond motifs is 1. The molecule has 0 atom stereocenters. The van der Waals surface area contributed by atoms with Crippen LogP contribution < -0.4 is 10.2 Å². The van der Waals surface area contributed by atoms with Gasteiger partial charge in [-0.3, -0.25) is 9.78 Å². The molecular formula is C23H31N3O. The predicted octanol–water partition coefficient (Wildman–Crippen LogP) is 5.55. The maximum atomic E-state index is 12.4. The number of nitrogens with one attached hydrogen (secondary N) is 1. The van der Waals surface area contributed by atoms with Crippen molar-refractivity contribution >= 4 is 23.0 Å². The molecule has 1 N–H and O–H groups in total. The highest BCUT2D eigenvalue weighted by Crippen LogP contribution is 2.35. The van der Waals surface area contributed by atoms with E-state index < -0.39 is 0 Å². The minimum Gasteiger partial charge on any atom is -0.341 e. The third kappa shape index (κ3) is 4.68. The van der Waals surface area contributed by atoms with Crippen molar-refractivity contribution < 1.29 is 4.79 Å². The van der Waals surface area contributed by atoms with Gasteiger partial charge in [-0.2, -0.15) is 0 Å². The van der Waals surface area contributed by atoms with E-state index in [1.165, 1.54) is 23.4 Å². The molecule has 1 aliphatic heterocycles. The Morgan fingerprint density at radius 2 is 1.89 bits per heavy atom. The normalized spacial score (nSPS) is 14.5. The Labute approximate surface area is 163 Å². The Morgan fingerprint density at radius 3 is 2.56 bits per heavy atom. The number of carbonyl (C=O) groups is 1. The molecule has 0 unspecified atom stereocenters. The molecule has 27 heavy (non-hydrogen) atoms. The van der Waals surface area contributed by atoms with Crippen LogP contribution >= 0.6 is 0 Å². The fourth-order valence-corrected chi connectivity index (χ4v) is 3.81. The van der Waals surface area contributed by atoms with Crippen molar-refractivity contribution in [3.05, 3.63) is 47.3 Å². The number of aryl methyl sites for hydroxylation is 3. The number of nitrogens with zero attached hydrogens (tertiary/aromatic N) is 2. The van der Waals surface area contributed by atoms with Crippen LogP contribution in [-0.2, 0) is 11.2 Å². The third-order valence-corrected chi connectivity index (χ3v) is 5.03. The lowest BCUT2D eigenvalue weighted by Crippen LogP contribution is -2.21. The van der Waals surface area contributed by atoms with Crippen molar-refractivity contribution in [3.8, 4) is 0 Å². The van der Waals surface area contributed by atoms with Gasteiger partial charge in [-0.1, -0.05) is 20.8 Å². The number of benzene rings is 1. The van der Waals surface area contributed by atoms with Gasteiger partial charge in [0.05, 0.1) is 0 Å². The summed E-state index contributed by atoms with van der Waals surface area (Å²) in [6.45, 7) is 11.4. The Bertz CT molecular complexity index is 813. The Morgan fingerprint density at radius 1 is 1.19 bits per heavy atom. The number of hydrogen-bond acceptors (Lipinski definition) is 3. The third-order valence-electron chi connectivity index (χ3n) is 5.03. The summed E-state index contributed by atoms with van der Waals surface area (Å²) in [6.07, 6.45) is 7.82. The zero-order valence-corrected chi connectivity index (χ0v) is 17.2. The molecule has 1 aromatic heterocycles. The molecule has 1 aliphatic rings. The van der Waals surface area contributed by atoms with Gasteiger partial charge >= 0.3 is 0 Å². The summed E-state index contributed by atoms with van der Waals surface area (Å²) in [5.41, 5.74) is 6.89. The Kier molecular flexibility index (Phi) is 5.54. The molecular weight excluding hydrogens is 334 g/mol. The van der Waals surface area contributed by atoms with Crippen molar-refractivity contribution in [2.75, 3.05) is 16.8 Å². The molecule has 2 heterocycles. The molecule has 0 fully saturated rings. The first-order valence-electron chi connectivity index (χ1n) is 9.86. The number of carbonyl (C=O) groups excluding carboxylic acids is 1. The van der Waals surface area contributed by atoms with Gasteiger partial charge in [0.1, 0.15) is 0 Å². The minimum atomic E-state index is -0.0182. The van der Waals surface area contributed by atoms with Gasteiger partial charge < -0.3 is 10.2 Å². The average Bonchev–Trinajstić information content (AvgIpc) is 2.79. The van der Waals surface area contributed by atoms with Gasteiger partial charge in [-0.05, 0) is 73.4 Å². The first-order valence-corrected chi connectivity index (χ1v) is 9.86. The highest BCUT2D eigenvalue weighted by Gasteiger charge is 2.20. The monoisotopic (exact) mass is 365 g/mol. The van der Waals surface area contributed by atoms with Crippen molar-refractivity contribution in [1.29, 1.82) is 0 Å². The fraction of sp³-hybridized carbons (Fsp3) is 0.478. The maximum Gasteiger partial charge on any atom is 0.224 e. The summed E-state index contributed by atoms with van der Waals surface area (Å²) in [6, 6.07) is 6.49. The van der Waals surface area contributed by atoms with Crippen LogP contribution in [0.1, 0.15) is 56.7 Å². The first kappa shape index (κ1) is 19.4. The van der Waals surface area contributed by atoms with Gasteiger partial charge in [0.15, 0.2) is 0 Å². The molecule has 0 saturated heterocycles. The van der Waals surface area contributed by atoms with E-state index in [1.54, 1.807) is 0 Å². The second kappa shape index (κ2) is 7.71. The number of aromatic nitrogens is 1. The first-order chi connectivity index (χ1) is 12.7. The van der Waals surface area contributed by atoms with Crippen LogP contribution in [0, 0.1) is 19.3 Å². The molecule has 0 aliphatic carbocycles. The smallest absolute Gasteiger partial charge is 0.224 e. The van der Waals surface area contributed by atoms with E-state index in [9.17, 15) is 4.79 Å². The van der Waals surface area contributed by atoms with E-state index in [0.717, 1.165) is 36.2 Å². The van der Waals surface area contributed by atoms with E-state index in [1.807, 2.05) is 12.4 Å². The van der Waals surface area contributed by atoms with Crippen LogP contribution in [0.15, 0.2) is 30.6 Å². The molecule has 144 valence electrons. The van der Waals surface area contributed by atoms with Crippen LogP contribution in [0.3, 0.4) is 0 Å². The lowest BCUT2D eigenvalue weighted by molar-refractivity contribution is -0.117. The van der Waals surface area contributed by atoms with Crippen molar-refractivity contribution in [1.82, 2.24) is 4.98 Å². The van der Waals surface area contributed by atoms with Crippen molar-refractivity contribution in [2.24, 2.45) is 5.41 Å². The number of amides is 1. The molecule has 0 spiro atoms. The largest absolute Gasteiger partial charge is 0.341 e. The topological polar surface area (TPSA) is 45.2 Å². The lowest BCUT2D eigenvalue weighted by Gasteiger charge is -2.27. The second-order valence-corrected chi connectivity index (χ2v) is 8.85. The van der Waals surface area contributed by atoms with Crippen molar-refractivity contribution in [2.45, 2.75) is 60.3 Å². The highest BCUT2D eigenvalue weighted by molar-refractivity contribution is 5.93. The van der Waals surface area contributed by atoms with Gasteiger partial charge in [-0.25, -0.2) is 0 Å². The summed E-state index contributed by atoms with van der Waals surface area (Å²) in [5, 5.41) is 3.13. The summed E-state index contributed by atoms with van der Waals surface area (Å²) in [7, 11) is 0. The van der Waals surface area contributed by atoms with Crippen LogP contribution in [0.25, 0.3) is 0 Å². The maximum absolute atomic E-state index is 12.4. The Hall–Kier alpha value is -2.36. The van der Waals surface area contributed by atoms with Gasteiger partial charge in [0.2, 0.25) is 5.91 Å². The highest BCUT2D eigenvalue weighted by atomic mass is 16.1. The van der Waals surface area contributed by atoms with E-state index in [2.05, 4.69) is 68.0 Å². The molecule has 2 aromatic rings. The summed E-state index contributed by atoms with van der Waals surface area (Å²) in [5.74, 6) is 0.0765. The molecule has 0 saturated carbocycles. The van der Waals surface area contributed by atoms with Gasteiger partial charge in [0, 0.05) is 42.4 Å².